The van der Waals surface area contributed by atoms with Crippen LogP contribution in [-0.4, -0.2) is 12.8 Å². The molecule has 0 aliphatic carbocycles. The van der Waals surface area contributed by atoms with Gasteiger partial charge in [0, 0.05) is 17.7 Å². The van der Waals surface area contributed by atoms with Gasteiger partial charge in [-0.1, -0.05) is 41.1 Å². The zero-order valence-corrected chi connectivity index (χ0v) is 12.7. The van der Waals surface area contributed by atoms with E-state index in [2.05, 4.69) is 40.9 Å². The maximum absolute atomic E-state index is 4.94. The fourth-order valence-corrected chi connectivity index (χ4v) is 1.74. The first-order valence-corrected chi connectivity index (χ1v) is 5.91. The van der Waals surface area contributed by atoms with Crippen LogP contribution >= 0.6 is 0 Å². The first kappa shape index (κ1) is 15.4. The van der Waals surface area contributed by atoms with Gasteiger partial charge in [-0.15, -0.1) is 0 Å². The van der Waals surface area contributed by atoms with E-state index in [9.17, 15) is 0 Å². The fraction of sp³-hybridized carbons (Fsp3) is 0.200. The van der Waals surface area contributed by atoms with E-state index in [4.69, 9.17) is 4.84 Å². The number of oxime groups is 1. The van der Waals surface area contributed by atoms with Crippen LogP contribution in [0.15, 0.2) is 60.0 Å². The smallest absolute Gasteiger partial charge is 0.194 e. The Morgan fingerprint density at radius 1 is 1.11 bits per heavy atom. The summed E-state index contributed by atoms with van der Waals surface area (Å²) in [5, 5.41) is 4.12. The number of aryl methyl sites for hydroxylation is 1. The molecule has 0 amide bonds. The molecule has 4 heteroatoms. The summed E-state index contributed by atoms with van der Waals surface area (Å²) in [4.78, 5) is 4.94. The SMILES string of the molecule is CO/N=C(/C[n+]1ccccc1)c1ccc(C)cc1.[Br-]. The zero-order valence-electron chi connectivity index (χ0n) is 11.1. The van der Waals surface area contributed by atoms with Crippen LogP contribution < -0.4 is 21.5 Å². The van der Waals surface area contributed by atoms with Gasteiger partial charge in [-0.2, -0.15) is 4.57 Å². The standard InChI is InChI=1S/C15H17N2O.BrH/c1-13-6-8-14(9-7-13)15(16-18-2)12-17-10-4-3-5-11-17;/h3-11H,12H2,1-2H3;1H/q+1;/p-1/b16-15-;. The molecule has 0 aliphatic heterocycles. The molecule has 19 heavy (non-hydrogen) atoms. The lowest BCUT2D eigenvalue weighted by Crippen LogP contribution is -3.00. The van der Waals surface area contributed by atoms with Crippen LogP contribution in [-0.2, 0) is 11.4 Å². The number of pyridine rings is 1. The zero-order chi connectivity index (χ0) is 12.8. The maximum atomic E-state index is 4.94. The Morgan fingerprint density at radius 3 is 2.32 bits per heavy atom. The van der Waals surface area contributed by atoms with E-state index in [0.29, 0.717) is 6.54 Å². The molecule has 2 rings (SSSR count). The largest absolute Gasteiger partial charge is 1.00 e. The van der Waals surface area contributed by atoms with Crippen molar-refractivity contribution in [2.75, 3.05) is 7.11 Å². The monoisotopic (exact) mass is 320 g/mol. The van der Waals surface area contributed by atoms with Gasteiger partial charge in [-0.05, 0) is 6.92 Å². The molecule has 0 radical (unpaired) electrons. The summed E-state index contributed by atoms with van der Waals surface area (Å²) >= 11 is 0. The fourth-order valence-electron chi connectivity index (χ4n) is 1.74. The highest BCUT2D eigenvalue weighted by Gasteiger charge is 2.10. The molecular formula is C15H17BrN2O. The van der Waals surface area contributed by atoms with Crippen LogP contribution in [0.5, 0.6) is 0 Å². The molecule has 0 saturated carbocycles. The number of hydrogen-bond donors (Lipinski definition) is 0. The third-order valence-electron chi connectivity index (χ3n) is 2.70. The third-order valence-corrected chi connectivity index (χ3v) is 2.70. The molecule has 0 aliphatic rings. The average molecular weight is 321 g/mol. The molecule has 100 valence electrons. The highest BCUT2D eigenvalue weighted by Crippen LogP contribution is 2.05. The van der Waals surface area contributed by atoms with Crippen molar-refractivity contribution in [1.82, 2.24) is 0 Å². The minimum atomic E-state index is 0. The predicted octanol–water partition coefficient (Wildman–Crippen LogP) is -0.663. The Balaban J connectivity index is 0.00000180. The van der Waals surface area contributed by atoms with E-state index in [0.717, 1.165) is 11.3 Å². The Morgan fingerprint density at radius 2 is 1.74 bits per heavy atom. The van der Waals surface area contributed by atoms with Crippen molar-refractivity contribution in [3.8, 4) is 0 Å². The van der Waals surface area contributed by atoms with Gasteiger partial charge in [-0.3, -0.25) is 0 Å². The quantitative estimate of drug-likeness (QED) is 0.417. The Bertz CT molecular complexity index is 524. The van der Waals surface area contributed by atoms with Crippen LogP contribution in [0, 0.1) is 6.92 Å². The number of nitrogens with zero attached hydrogens (tertiary/aromatic N) is 2. The third kappa shape index (κ3) is 4.48. The van der Waals surface area contributed by atoms with Gasteiger partial charge in [0.2, 0.25) is 0 Å². The van der Waals surface area contributed by atoms with E-state index >= 15 is 0 Å². The van der Waals surface area contributed by atoms with Crippen molar-refractivity contribution in [3.63, 3.8) is 0 Å². The van der Waals surface area contributed by atoms with E-state index in [1.54, 1.807) is 7.11 Å². The first-order valence-electron chi connectivity index (χ1n) is 5.91. The number of halogens is 1. The van der Waals surface area contributed by atoms with Gasteiger partial charge >= 0.3 is 0 Å². The topological polar surface area (TPSA) is 25.5 Å². The van der Waals surface area contributed by atoms with E-state index in [1.165, 1.54) is 5.56 Å². The highest BCUT2D eigenvalue weighted by molar-refractivity contribution is 5.99. The van der Waals surface area contributed by atoms with Crippen LogP contribution in [0.3, 0.4) is 0 Å². The first-order chi connectivity index (χ1) is 8.79. The Labute approximate surface area is 124 Å². The second-order valence-electron chi connectivity index (χ2n) is 4.13. The van der Waals surface area contributed by atoms with Gasteiger partial charge < -0.3 is 21.8 Å². The lowest BCUT2D eigenvalue weighted by atomic mass is 10.1. The van der Waals surface area contributed by atoms with E-state index < -0.39 is 0 Å². The minimum Gasteiger partial charge on any atom is -1.00 e. The van der Waals surface area contributed by atoms with Crippen LogP contribution in [0.1, 0.15) is 11.1 Å². The molecule has 2 aromatic rings. The van der Waals surface area contributed by atoms with Crippen LogP contribution in [0.2, 0.25) is 0 Å². The predicted molar refractivity (Wildman–Crippen MR) is 71.4 cm³/mol. The molecule has 0 unspecified atom stereocenters. The highest BCUT2D eigenvalue weighted by atomic mass is 79.9. The van der Waals surface area contributed by atoms with Gasteiger partial charge in [-0.25, -0.2) is 0 Å². The van der Waals surface area contributed by atoms with Crippen molar-refractivity contribution >= 4 is 5.71 Å². The van der Waals surface area contributed by atoms with Gasteiger partial charge in [0.25, 0.3) is 0 Å². The van der Waals surface area contributed by atoms with Crippen LogP contribution in [0.4, 0.5) is 0 Å². The summed E-state index contributed by atoms with van der Waals surface area (Å²) in [6.07, 6.45) is 4.03. The Hall–Kier alpha value is -1.68. The van der Waals surface area contributed by atoms with Crippen molar-refractivity contribution in [2.45, 2.75) is 13.5 Å². The van der Waals surface area contributed by atoms with Gasteiger partial charge in [0.1, 0.15) is 7.11 Å². The number of aromatic nitrogens is 1. The molecule has 0 spiro atoms. The molecule has 1 aromatic carbocycles. The number of rotatable bonds is 4. The van der Waals surface area contributed by atoms with Crippen molar-refractivity contribution in [1.29, 1.82) is 0 Å². The summed E-state index contributed by atoms with van der Waals surface area (Å²) in [6, 6.07) is 14.3. The molecule has 0 fully saturated rings. The van der Waals surface area contributed by atoms with Crippen LogP contribution in [0.25, 0.3) is 0 Å². The van der Waals surface area contributed by atoms with Crippen molar-refractivity contribution in [2.24, 2.45) is 5.16 Å². The van der Waals surface area contributed by atoms with Gasteiger partial charge in [0.05, 0.1) is 0 Å². The second-order valence-corrected chi connectivity index (χ2v) is 4.13. The summed E-state index contributed by atoms with van der Waals surface area (Å²) in [7, 11) is 1.57. The summed E-state index contributed by atoms with van der Waals surface area (Å²) in [6.45, 7) is 2.76. The van der Waals surface area contributed by atoms with Crippen molar-refractivity contribution in [3.05, 3.63) is 66.0 Å². The molecule has 0 saturated heterocycles. The van der Waals surface area contributed by atoms with Gasteiger partial charge in [0.15, 0.2) is 24.7 Å². The maximum Gasteiger partial charge on any atom is 0.194 e. The summed E-state index contributed by atoms with van der Waals surface area (Å²) in [5.41, 5.74) is 3.23. The second kappa shape index (κ2) is 7.69. The molecule has 1 heterocycles. The number of hydrogen-bond acceptors (Lipinski definition) is 2. The molecule has 3 nitrogen and oxygen atoms in total. The molecule has 0 bridgehead atoms. The minimum absolute atomic E-state index is 0. The molecule has 1 aromatic heterocycles. The average Bonchev–Trinajstić information content (AvgIpc) is 2.40. The van der Waals surface area contributed by atoms with E-state index in [-0.39, 0.29) is 17.0 Å². The molecule has 0 N–H and O–H groups in total. The summed E-state index contributed by atoms with van der Waals surface area (Å²) < 4.78 is 2.07. The Kier molecular flexibility index (Phi) is 6.22. The lowest BCUT2D eigenvalue weighted by Gasteiger charge is -2.03. The van der Waals surface area contributed by atoms with Crippen molar-refractivity contribution < 1.29 is 26.4 Å². The van der Waals surface area contributed by atoms with E-state index in [1.807, 2.05) is 30.6 Å². The molecular weight excluding hydrogens is 304 g/mol. The normalized spacial score (nSPS) is 10.7. The summed E-state index contributed by atoms with van der Waals surface area (Å²) in [5.74, 6) is 0. The number of benzene rings is 1. The lowest BCUT2D eigenvalue weighted by molar-refractivity contribution is -0.681. The molecule has 0 atom stereocenters.